The molecule has 0 aromatic heterocycles. The van der Waals surface area contributed by atoms with E-state index in [1.165, 1.54) is 0 Å². The van der Waals surface area contributed by atoms with Crippen molar-refractivity contribution in [3.8, 4) is 0 Å². The van der Waals surface area contributed by atoms with Gasteiger partial charge in [-0.1, -0.05) is 53.4 Å². The highest BCUT2D eigenvalue weighted by Crippen LogP contribution is 2.25. The molecule has 0 rings (SSSR count). The van der Waals surface area contributed by atoms with Gasteiger partial charge in [-0.3, -0.25) is 9.59 Å². The largest absolute Gasteiger partial charge is 0.698 e. The van der Waals surface area contributed by atoms with Gasteiger partial charge in [0.2, 0.25) is 0 Å². The number of Topliss-reactive ketones (excluding diaryl/α,β-unsaturated/α-hetero) is 2. The van der Waals surface area contributed by atoms with Gasteiger partial charge in [-0.25, -0.2) is 0 Å². The Labute approximate surface area is 135 Å². The highest BCUT2D eigenvalue weighted by molar-refractivity contribution is 7.33. The van der Waals surface area contributed by atoms with E-state index >= 15 is 0 Å². The lowest BCUT2D eigenvalue weighted by atomic mass is 10.0. The van der Waals surface area contributed by atoms with E-state index in [1.807, 2.05) is 13.8 Å². The van der Waals surface area contributed by atoms with E-state index in [0.717, 1.165) is 38.5 Å². The van der Waals surface area contributed by atoms with E-state index in [4.69, 9.17) is 9.05 Å². The van der Waals surface area contributed by atoms with Crippen molar-refractivity contribution in [2.45, 2.75) is 66.2 Å². The lowest BCUT2D eigenvalue weighted by Gasteiger charge is -2.07. The van der Waals surface area contributed by atoms with Gasteiger partial charge in [0, 0.05) is 16.4 Å². The van der Waals surface area contributed by atoms with Gasteiger partial charge in [0.05, 0.1) is 0 Å². The Kier molecular flexibility index (Phi) is 12.5. The van der Waals surface area contributed by atoms with Gasteiger partial charge in [-0.15, -0.1) is 9.05 Å². The van der Waals surface area contributed by atoms with Crippen LogP contribution in [0.5, 0.6) is 0 Å². The molecule has 0 spiro atoms. The molecule has 0 heterocycles. The summed E-state index contributed by atoms with van der Waals surface area (Å²) in [4.78, 5) is 23.5. The minimum Gasteiger partial charge on any atom is -0.297 e. The third-order valence-electron chi connectivity index (χ3n) is 3.71. The molecule has 0 fully saturated rings. The number of hydrogen-bond acceptors (Lipinski definition) is 5. The van der Waals surface area contributed by atoms with Gasteiger partial charge in [0.25, 0.3) is 0 Å². The third kappa shape index (κ3) is 10.1. The average Bonchev–Trinajstić information content (AvgIpc) is 2.52. The molecule has 0 radical (unpaired) electrons. The maximum atomic E-state index is 11.7. The Morgan fingerprint density at radius 3 is 1.55 bits per heavy atom. The first-order chi connectivity index (χ1) is 10.4. The molecule has 0 amide bonds. The molecule has 0 aliphatic heterocycles. The van der Waals surface area contributed by atoms with Crippen LogP contribution in [0.3, 0.4) is 0 Å². The van der Waals surface area contributed by atoms with Gasteiger partial charge < -0.3 is 0 Å². The summed E-state index contributed by atoms with van der Waals surface area (Å²) in [6.07, 6.45) is 5.66. The van der Waals surface area contributed by atoms with Crippen molar-refractivity contribution in [2.75, 3.05) is 13.2 Å². The SMILES string of the molecule is CCCCC(C)C(=O)CO[P+](=O)OCC(=O)C(C)CCCC. The van der Waals surface area contributed by atoms with E-state index < -0.39 is 8.25 Å². The Bertz CT molecular complexity index is 324. The molecule has 0 aliphatic carbocycles. The molecule has 0 aromatic carbocycles. The summed E-state index contributed by atoms with van der Waals surface area (Å²) < 4.78 is 21.3. The molecule has 0 aliphatic rings. The van der Waals surface area contributed by atoms with Crippen LogP contribution in [0.2, 0.25) is 0 Å². The highest BCUT2D eigenvalue weighted by Gasteiger charge is 2.26. The molecular weight excluding hydrogens is 303 g/mol. The lowest BCUT2D eigenvalue weighted by molar-refractivity contribution is -0.125. The van der Waals surface area contributed by atoms with Crippen LogP contribution in [0.1, 0.15) is 66.2 Å². The van der Waals surface area contributed by atoms with Crippen molar-refractivity contribution in [3.05, 3.63) is 0 Å². The quantitative estimate of drug-likeness (QED) is 0.439. The first-order valence-corrected chi connectivity index (χ1v) is 9.30. The summed E-state index contributed by atoms with van der Waals surface area (Å²) in [6.45, 7) is 7.37. The Hall–Kier alpha value is -0.640. The molecule has 0 saturated carbocycles. The van der Waals surface area contributed by atoms with Gasteiger partial charge >= 0.3 is 8.25 Å². The third-order valence-corrected chi connectivity index (χ3v) is 4.38. The van der Waals surface area contributed by atoms with Crippen molar-refractivity contribution in [1.82, 2.24) is 0 Å². The zero-order valence-electron chi connectivity index (χ0n) is 14.3. The summed E-state index contributed by atoms with van der Waals surface area (Å²) in [5.74, 6) is -0.357. The van der Waals surface area contributed by atoms with E-state index in [0.29, 0.717) is 0 Å². The maximum Gasteiger partial charge on any atom is 0.698 e. The number of ketones is 2. The molecular formula is C16H30O5P+. The van der Waals surface area contributed by atoms with Gasteiger partial charge in [-0.2, -0.15) is 0 Å². The first kappa shape index (κ1) is 21.4. The Balaban J connectivity index is 3.90. The van der Waals surface area contributed by atoms with Crippen LogP contribution in [0.15, 0.2) is 0 Å². The number of rotatable bonds is 14. The molecule has 22 heavy (non-hydrogen) atoms. The summed E-state index contributed by atoms with van der Waals surface area (Å²) >= 11 is 0. The second-order valence-corrected chi connectivity index (χ2v) is 6.75. The summed E-state index contributed by atoms with van der Waals surface area (Å²) in [7, 11) is -2.41. The standard InChI is InChI=1S/C16H30O5P/c1-5-7-9-13(3)15(17)11-20-22(19)21-12-16(18)14(4)10-8-6-2/h13-14H,5-12H2,1-4H3/q+1. The summed E-state index contributed by atoms with van der Waals surface area (Å²) in [5, 5.41) is 0. The summed E-state index contributed by atoms with van der Waals surface area (Å²) in [6, 6.07) is 0. The van der Waals surface area contributed by atoms with Crippen LogP contribution in [-0.2, 0) is 23.2 Å². The smallest absolute Gasteiger partial charge is 0.297 e. The predicted octanol–water partition coefficient (Wildman–Crippen LogP) is 4.47. The molecule has 0 bridgehead atoms. The van der Waals surface area contributed by atoms with E-state index in [9.17, 15) is 14.2 Å². The molecule has 0 saturated heterocycles. The van der Waals surface area contributed by atoms with Gasteiger partial charge in [0.15, 0.2) is 24.8 Å². The maximum absolute atomic E-state index is 11.7. The van der Waals surface area contributed by atoms with Crippen molar-refractivity contribution in [2.24, 2.45) is 11.8 Å². The van der Waals surface area contributed by atoms with Gasteiger partial charge in [0.1, 0.15) is 0 Å². The van der Waals surface area contributed by atoms with Crippen LogP contribution in [0, 0.1) is 11.8 Å². The molecule has 128 valence electrons. The van der Waals surface area contributed by atoms with Crippen LogP contribution in [-0.4, -0.2) is 24.8 Å². The Morgan fingerprint density at radius 2 is 1.23 bits per heavy atom. The fourth-order valence-corrected chi connectivity index (χ4v) is 2.44. The van der Waals surface area contributed by atoms with Crippen LogP contribution in [0.4, 0.5) is 0 Å². The number of hydrogen-bond donors (Lipinski definition) is 0. The predicted molar refractivity (Wildman–Crippen MR) is 86.9 cm³/mol. The van der Waals surface area contributed by atoms with Crippen molar-refractivity contribution in [1.29, 1.82) is 0 Å². The molecule has 2 atom stereocenters. The molecule has 5 nitrogen and oxygen atoms in total. The molecule has 6 heteroatoms. The van der Waals surface area contributed by atoms with Crippen LogP contribution >= 0.6 is 8.25 Å². The van der Waals surface area contributed by atoms with Crippen molar-refractivity contribution >= 4 is 19.8 Å². The van der Waals surface area contributed by atoms with Gasteiger partial charge in [-0.05, 0) is 12.8 Å². The monoisotopic (exact) mass is 333 g/mol. The molecule has 0 N–H and O–H groups in total. The van der Waals surface area contributed by atoms with Crippen molar-refractivity contribution in [3.63, 3.8) is 0 Å². The minimum atomic E-state index is -2.41. The van der Waals surface area contributed by atoms with E-state index in [1.54, 1.807) is 0 Å². The molecule has 0 aromatic rings. The van der Waals surface area contributed by atoms with Crippen molar-refractivity contribution < 1.29 is 23.2 Å². The van der Waals surface area contributed by atoms with Crippen LogP contribution in [0.25, 0.3) is 0 Å². The number of carbonyl (C=O) groups excluding carboxylic acids is 2. The topological polar surface area (TPSA) is 69.7 Å². The lowest BCUT2D eigenvalue weighted by Crippen LogP contribution is -2.17. The average molecular weight is 333 g/mol. The first-order valence-electron chi connectivity index (χ1n) is 8.20. The number of carbonyl (C=O) groups is 2. The normalized spacial score (nSPS) is 14.5. The second-order valence-electron chi connectivity index (χ2n) is 5.79. The zero-order chi connectivity index (χ0) is 17.0. The van der Waals surface area contributed by atoms with Crippen LogP contribution < -0.4 is 0 Å². The molecule has 2 unspecified atom stereocenters. The van der Waals surface area contributed by atoms with E-state index in [2.05, 4.69) is 13.8 Å². The number of unbranched alkanes of at least 4 members (excludes halogenated alkanes) is 2. The Morgan fingerprint density at radius 1 is 0.864 bits per heavy atom. The zero-order valence-corrected chi connectivity index (χ0v) is 15.2. The second kappa shape index (κ2) is 12.9. The highest BCUT2D eigenvalue weighted by atomic mass is 31.1. The minimum absolute atomic E-state index is 0.0805. The fraction of sp³-hybridized carbons (Fsp3) is 0.875. The fourth-order valence-electron chi connectivity index (χ4n) is 1.90. The van der Waals surface area contributed by atoms with E-state index in [-0.39, 0.29) is 36.6 Å². The summed E-state index contributed by atoms with van der Waals surface area (Å²) in [5.41, 5.74) is 0.